The SMILES string of the molecule is O=[N+]([O-])c1cccc(C2=CC3=NC2=CC2=NC(=CC4=NC(=CC5=NC(=C3)C=C5)C=C4)C=C2)c1[N+](=O)[O-]. The van der Waals surface area contributed by atoms with E-state index in [4.69, 9.17) is 0 Å². The van der Waals surface area contributed by atoms with Crippen molar-refractivity contribution >= 4 is 39.8 Å². The van der Waals surface area contributed by atoms with E-state index in [9.17, 15) is 20.2 Å². The van der Waals surface area contributed by atoms with Crippen molar-refractivity contribution in [2.75, 3.05) is 0 Å². The third-order valence-electron chi connectivity index (χ3n) is 5.72. The zero-order chi connectivity index (χ0) is 24.8. The molecule has 172 valence electrons. The molecule has 10 heteroatoms. The van der Waals surface area contributed by atoms with Crippen molar-refractivity contribution in [3.63, 3.8) is 0 Å². The lowest BCUT2D eigenvalue weighted by Crippen LogP contribution is -2.01. The van der Waals surface area contributed by atoms with E-state index in [1.807, 2.05) is 42.5 Å². The Balaban J connectivity index is 1.54. The van der Waals surface area contributed by atoms with Gasteiger partial charge in [-0.25, -0.2) is 20.0 Å². The smallest absolute Gasteiger partial charge is 0.258 e. The van der Waals surface area contributed by atoms with Crippen molar-refractivity contribution in [1.82, 2.24) is 0 Å². The summed E-state index contributed by atoms with van der Waals surface area (Å²) in [5, 5.41) is 23.4. The fourth-order valence-electron chi connectivity index (χ4n) is 4.20. The maximum absolute atomic E-state index is 11.9. The van der Waals surface area contributed by atoms with E-state index in [-0.39, 0.29) is 5.56 Å². The predicted molar refractivity (Wildman–Crippen MR) is 137 cm³/mol. The van der Waals surface area contributed by atoms with Gasteiger partial charge in [-0.1, -0.05) is 6.07 Å². The van der Waals surface area contributed by atoms with Gasteiger partial charge in [-0.05, 0) is 72.9 Å². The summed E-state index contributed by atoms with van der Waals surface area (Å²) in [6, 6.07) is 4.02. The van der Waals surface area contributed by atoms with E-state index < -0.39 is 21.2 Å². The summed E-state index contributed by atoms with van der Waals surface area (Å²) in [4.78, 5) is 40.3. The first-order chi connectivity index (χ1) is 17.4. The molecule has 0 atom stereocenters. The van der Waals surface area contributed by atoms with E-state index >= 15 is 0 Å². The zero-order valence-electron chi connectivity index (χ0n) is 18.4. The molecule has 0 N–H and O–H groups in total. The number of benzene rings is 1. The van der Waals surface area contributed by atoms with Crippen molar-refractivity contribution in [2.45, 2.75) is 0 Å². The van der Waals surface area contributed by atoms with E-state index in [1.165, 1.54) is 12.1 Å². The summed E-state index contributed by atoms with van der Waals surface area (Å²) >= 11 is 0. The highest BCUT2D eigenvalue weighted by Gasteiger charge is 2.32. The lowest BCUT2D eigenvalue weighted by molar-refractivity contribution is -0.422. The first-order valence-electron chi connectivity index (χ1n) is 10.8. The molecule has 0 radical (unpaired) electrons. The fourth-order valence-corrected chi connectivity index (χ4v) is 4.20. The Morgan fingerprint density at radius 2 is 1.14 bits per heavy atom. The molecular weight excluding hydrogens is 460 g/mol. The van der Waals surface area contributed by atoms with Crippen molar-refractivity contribution in [3.05, 3.63) is 134 Å². The van der Waals surface area contributed by atoms with Gasteiger partial charge in [-0.3, -0.25) is 20.2 Å². The van der Waals surface area contributed by atoms with Crippen LogP contribution in [0.1, 0.15) is 5.56 Å². The Kier molecular flexibility index (Phi) is 4.78. The van der Waals surface area contributed by atoms with E-state index in [2.05, 4.69) is 20.0 Å². The molecule has 0 saturated heterocycles. The number of hydrogen-bond acceptors (Lipinski definition) is 8. The topological polar surface area (TPSA) is 136 Å². The number of allylic oxidation sites excluding steroid dienone is 12. The highest BCUT2D eigenvalue weighted by molar-refractivity contribution is 6.19. The Hall–Kier alpha value is -5.38. The predicted octanol–water partition coefficient (Wildman–Crippen LogP) is 4.92. The molecule has 0 aromatic heterocycles. The molecule has 0 aliphatic carbocycles. The van der Waals surface area contributed by atoms with Crippen LogP contribution in [0.4, 0.5) is 11.4 Å². The van der Waals surface area contributed by atoms with Crippen LogP contribution in [-0.2, 0) is 0 Å². The number of nitrogens with zero attached hydrogens (tertiary/aromatic N) is 6. The van der Waals surface area contributed by atoms with Crippen molar-refractivity contribution in [2.24, 2.45) is 20.0 Å². The number of aliphatic imine (C=N–C) groups is 4. The van der Waals surface area contributed by atoms with Gasteiger partial charge in [-0.15, -0.1) is 0 Å². The van der Waals surface area contributed by atoms with Crippen LogP contribution in [0.5, 0.6) is 0 Å². The van der Waals surface area contributed by atoms with Crippen LogP contribution in [0.3, 0.4) is 0 Å². The van der Waals surface area contributed by atoms with Crippen LogP contribution in [-0.4, -0.2) is 32.7 Å². The summed E-state index contributed by atoms with van der Waals surface area (Å²) in [7, 11) is 0. The molecule has 0 amide bonds. The molecule has 5 aliphatic rings. The first-order valence-corrected chi connectivity index (χ1v) is 10.8. The van der Waals surface area contributed by atoms with E-state index in [0.717, 1.165) is 23.2 Å². The molecule has 36 heavy (non-hydrogen) atoms. The Morgan fingerprint density at radius 1 is 0.583 bits per heavy atom. The molecule has 10 nitrogen and oxygen atoms in total. The third-order valence-corrected chi connectivity index (χ3v) is 5.72. The fraction of sp³-hybridized carbons (Fsp3) is 0. The second-order valence-electron chi connectivity index (χ2n) is 8.13. The summed E-state index contributed by atoms with van der Waals surface area (Å²) in [6.45, 7) is 0. The number of para-hydroxylation sites is 1. The maximum atomic E-state index is 11.9. The van der Waals surface area contributed by atoms with Crippen LogP contribution < -0.4 is 0 Å². The molecule has 0 fully saturated rings. The molecule has 5 heterocycles. The first kappa shape index (κ1) is 21.2. The minimum absolute atomic E-state index is 0.0987. The molecule has 6 rings (SSSR count). The van der Waals surface area contributed by atoms with Gasteiger partial charge in [0.25, 0.3) is 0 Å². The van der Waals surface area contributed by atoms with Gasteiger partial charge in [-0.2, -0.15) is 0 Å². The van der Waals surface area contributed by atoms with Crippen LogP contribution in [0.2, 0.25) is 0 Å². The van der Waals surface area contributed by atoms with Gasteiger partial charge < -0.3 is 0 Å². The minimum Gasteiger partial charge on any atom is -0.258 e. The lowest BCUT2D eigenvalue weighted by atomic mass is 9.99. The maximum Gasteiger partial charge on any atom is 0.353 e. The summed E-state index contributed by atoms with van der Waals surface area (Å²) < 4.78 is 0. The third kappa shape index (κ3) is 3.82. The van der Waals surface area contributed by atoms with Crippen LogP contribution in [0.15, 0.2) is 128 Å². The second kappa shape index (κ2) is 8.13. The molecule has 0 unspecified atom stereocenters. The van der Waals surface area contributed by atoms with Gasteiger partial charge >= 0.3 is 11.4 Å². The van der Waals surface area contributed by atoms with Gasteiger partial charge in [0.15, 0.2) is 0 Å². The van der Waals surface area contributed by atoms with Gasteiger partial charge in [0.2, 0.25) is 0 Å². The Bertz CT molecular complexity index is 1670. The van der Waals surface area contributed by atoms with Crippen molar-refractivity contribution < 1.29 is 9.85 Å². The largest absolute Gasteiger partial charge is 0.353 e. The van der Waals surface area contributed by atoms with Crippen LogP contribution >= 0.6 is 0 Å². The highest BCUT2D eigenvalue weighted by Crippen LogP contribution is 2.40. The number of fused-ring (bicyclic) bond motifs is 4. The lowest BCUT2D eigenvalue weighted by Gasteiger charge is -2.06. The molecule has 5 aliphatic heterocycles. The number of nitro groups is 2. The summed E-state index contributed by atoms with van der Waals surface area (Å²) in [5.41, 5.74) is 4.36. The molecule has 0 saturated carbocycles. The number of hydrogen-bond donors (Lipinski definition) is 0. The molecule has 0 spiro atoms. The summed E-state index contributed by atoms with van der Waals surface area (Å²) in [5.74, 6) is 0. The van der Waals surface area contributed by atoms with Crippen molar-refractivity contribution in [1.29, 1.82) is 0 Å². The Labute approximate surface area is 203 Å². The normalized spacial score (nSPS) is 19.1. The molecule has 1 aromatic carbocycles. The average molecular weight is 474 g/mol. The number of rotatable bonds is 3. The number of nitro benzene ring substituents is 2. The monoisotopic (exact) mass is 474 g/mol. The average Bonchev–Trinajstić information content (AvgIpc) is 3.63. The van der Waals surface area contributed by atoms with Crippen LogP contribution in [0.25, 0.3) is 5.57 Å². The molecule has 1 aromatic rings. The zero-order valence-corrected chi connectivity index (χ0v) is 18.4. The van der Waals surface area contributed by atoms with Crippen molar-refractivity contribution in [3.8, 4) is 0 Å². The highest BCUT2D eigenvalue weighted by atomic mass is 16.6. The van der Waals surface area contributed by atoms with Gasteiger partial charge in [0.1, 0.15) is 0 Å². The van der Waals surface area contributed by atoms with E-state index in [0.29, 0.717) is 34.1 Å². The van der Waals surface area contributed by atoms with Gasteiger partial charge in [0.05, 0.1) is 61.0 Å². The standard InChI is InChI=1S/C26H14N6O4/c33-31(34)25-3-1-2-22(26(25)32(35)36)23-13-21-12-19-7-6-17(28-19)10-15-4-5-16(27-15)11-18-8-9-20(29-18)14-24(23)30-21/h1-14H. The molecular formula is C26H14N6O4. The summed E-state index contributed by atoms with van der Waals surface area (Å²) in [6.07, 6.45) is 19.9. The second-order valence-corrected chi connectivity index (χ2v) is 8.13. The Morgan fingerprint density at radius 3 is 1.69 bits per heavy atom. The van der Waals surface area contributed by atoms with E-state index in [1.54, 1.807) is 24.3 Å². The molecule has 8 bridgehead atoms. The quantitative estimate of drug-likeness (QED) is 0.453. The van der Waals surface area contributed by atoms with Crippen LogP contribution in [0, 0.1) is 20.2 Å². The minimum atomic E-state index is -0.758. The van der Waals surface area contributed by atoms with Gasteiger partial charge in [0, 0.05) is 11.6 Å².